The molecule has 1 aliphatic heterocycles. The van der Waals surface area contributed by atoms with E-state index in [1.54, 1.807) is 0 Å². The van der Waals surface area contributed by atoms with Gasteiger partial charge in [0.1, 0.15) is 6.10 Å². The van der Waals surface area contributed by atoms with Crippen LogP contribution in [0.2, 0.25) is 0 Å². The van der Waals surface area contributed by atoms with Crippen LogP contribution in [-0.4, -0.2) is 18.9 Å². The minimum absolute atomic E-state index is 0.0134. The molecule has 93 valence electrons. The monoisotopic (exact) mass is 234 g/mol. The minimum Gasteiger partial charge on any atom is -0.388 e. The number of benzene rings is 1. The van der Waals surface area contributed by atoms with Crippen molar-refractivity contribution in [3.8, 4) is 0 Å². The predicted molar refractivity (Wildman–Crippen MR) is 68.7 cm³/mol. The van der Waals surface area contributed by atoms with Crippen LogP contribution >= 0.6 is 0 Å². The number of para-hydroxylation sites is 1. The first kappa shape index (κ1) is 12.4. The first-order valence-electron chi connectivity index (χ1n) is 5.99. The normalized spacial score (nSPS) is 27.1. The molecule has 1 aromatic carbocycles. The van der Waals surface area contributed by atoms with Crippen molar-refractivity contribution in [1.29, 1.82) is 0 Å². The van der Waals surface area contributed by atoms with E-state index in [1.165, 1.54) is 0 Å². The lowest BCUT2D eigenvalue weighted by Gasteiger charge is -2.19. The molecule has 2 atom stereocenters. The van der Waals surface area contributed by atoms with E-state index in [4.69, 9.17) is 9.47 Å². The van der Waals surface area contributed by atoms with E-state index in [0.717, 1.165) is 11.3 Å². The van der Waals surface area contributed by atoms with Crippen molar-refractivity contribution in [3.05, 3.63) is 36.8 Å². The summed E-state index contributed by atoms with van der Waals surface area (Å²) in [5.74, 6) is -0.534. The number of ether oxygens (including phenoxy) is 2. The van der Waals surface area contributed by atoms with E-state index >= 15 is 0 Å². The van der Waals surface area contributed by atoms with Crippen molar-refractivity contribution < 1.29 is 9.47 Å². The van der Waals surface area contributed by atoms with Crippen molar-refractivity contribution in [2.24, 2.45) is 0 Å². The smallest absolute Gasteiger partial charge is 0.164 e. The molecule has 3 nitrogen and oxygen atoms in total. The summed E-state index contributed by atoms with van der Waals surface area (Å²) in [6.45, 7) is 7.82. The van der Waals surface area contributed by atoms with Crippen LogP contribution in [0.5, 0.6) is 0 Å². The van der Waals surface area contributed by atoms with Gasteiger partial charge in [0.2, 0.25) is 0 Å². The lowest BCUT2D eigenvalue weighted by Crippen LogP contribution is -2.21. The lowest BCUT2D eigenvalue weighted by molar-refractivity contribution is -0.146. The summed E-state index contributed by atoms with van der Waals surface area (Å²) >= 11 is 0. The molecule has 1 radical (unpaired) electrons. The van der Waals surface area contributed by atoms with Crippen molar-refractivity contribution >= 4 is 5.69 Å². The average molecular weight is 234 g/mol. The Morgan fingerprint density at radius 2 is 2.00 bits per heavy atom. The molecule has 1 saturated heterocycles. The fourth-order valence-electron chi connectivity index (χ4n) is 2.28. The van der Waals surface area contributed by atoms with Crippen molar-refractivity contribution in [3.63, 3.8) is 0 Å². The van der Waals surface area contributed by atoms with Crippen LogP contribution < -0.4 is 5.32 Å². The second-order valence-electron chi connectivity index (χ2n) is 4.72. The molecule has 2 rings (SSSR count). The fourth-order valence-corrected chi connectivity index (χ4v) is 2.28. The fraction of sp³-hybridized carbons (Fsp3) is 0.500. The van der Waals surface area contributed by atoms with E-state index in [1.807, 2.05) is 39.1 Å². The Bertz CT molecular complexity index is 390. The van der Waals surface area contributed by atoms with E-state index in [0.29, 0.717) is 6.42 Å². The SMILES string of the molecule is [CH2]C[C@H]1OC(C)(C)O[C@@H]1c1ccccc1NC. The summed E-state index contributed by atoms with van der Waals surface area (Å²) < 4.78 is 11.8. The highest BCUT2D eigenvalue weighted by atomic mass is 16.7. The van der Waals surface area contributed by atoms with E-state index in [-0.39, 0.29) is 12.2 Å². The van der Waals surface area contributed by atoms with Gasteiger partial charge < -0.3 is 14.8 Å². The molecule has 1 fully saturated rings. The quantitative estimate of drug-likeness (QED) is 0.871. The summed E-state index contributed by atoms with van der Waals surface area (Å²) in [6.07, 6.45) is 0.664. The molecule has 0 bridgehead atoms. The summed E-state index contributed by atoms with van der Waals surface area (Å²) in [6, 6.07) is 8.15. The Balaban J connectivity index is 2.32. The Hall–Kier alpha value is -1.06. The molecule has 0 aliphatic carbocycles. The molecule has 0 aromatic heterocycles. The van der Waals surface area contributed by atoms with Gasteiger partial charge in [0.05, 0.1) is 6.10 Å². The topological polar surface area (TPSA) is 30.5 Å². The van der Waals surface area contributed by atoms with E-state index in [2.05, 4.69) is 18.3 Å². The van der Waals surface area contributed by atoms with Crippen molar-refractivity contribution in [2.75, 3.05) is 12.4 Å². The molecule has 0 amide bonds. The van der Waals surface area contributed by atoms with Gasteiger partial charge in [0, 0.05) is 18.3 Å². The first-order valence-corrected chi connectivity index (χ1v) is 5.99. The lowest BCUT2D eigenvalue weighted by atomic mass is 10.0. The van der Waals surface area contributed by atoms with Crippen LogP contribution in [0, 0.1) is 6.92 Å². The predicted octanol–water partition coefficient (Wildman–Crippen LogP) is 3.15. The molecule has 1 N–H and O–H groups in total. The van der Waals surface area contributed by atoms with Gasteiger partial charge >= 0.3 is 0 Å². The van der Waals surface area contributed by atoms with E-state index < -0.39 is 5.79 Å². The van der Waals surface area contributed by atoms with Crippen molar-refractivity contribution in [2.45, 2.75) is 38.3 Å². The first-order chi connectivity index (χ1) is 8.07. The third-order valence-electron chi connectivity index (χ3n) is 3.00. The Labute approximate surface area is 103 Å². The van der Waals surface area contributed by atoms with Gasteiger partial charge in [-0.2, -0.15) is 0 Å². The Morgan fingerprint density at radius 1 is 1.29 bits per heavy atom. The Kier molecular flexibility index (Phi) is 3.40. The van der Waals surface area contributed by atoms with Crippen LogP contribution in [-0.2, 0) is 9.47 Å². The standard InChI is InChI=1S/C14H20NO2/c1-5-12-13(17-14(2,3)16-12)10-8-6-7-9-11(10)15-4/h6-9,12-13,15H,1,5H2,2-4H3/t12-,13-/m1/s1. The molecule has 0 saturated carbocycles. The number of nitrogens with one attached hydrogen (secondary N) is 1. The number of rotatable bonds is 3. The van der Waals surface area contributed by atoms with Crippen LogP contribution in [0.15, 0.2) is 24.3 Å². The molecular formula is C14H20NO2. The molecule has 1 heterocycles. The van der Waals surface area contributed by atoms with Crippen molar-refractivity contribution in [1.82, 2.24) is 0 Å². The zero-order valence-electron chi connectivity index (χ0n) is 10.7. The third-order valence-corrected chi connectivity index (χ3v) is 3.00. The van der Waals surface area contributed by atoms with Gasteiger partial charge in [-0.15, -0.1) is 0 Å². The largest absolute Gasteiger partial charge is 0.388 e. The highest BCUT2D eigenvalue weighted by molar-refractivity contribution is 5.52. The molecule has 0 unspecified atom stereocenters. The average Bonchev–Trinajstić information content (AvgIpc) is 2.64. The van der Waals surface area contributed by atoms with Crippen LogP contribution in [0.4, 0.5) is 5.69 Å². The number of hydrogen-bond donors (Lipinski definition) is 1. The summed E-state index contributed by atoms with van der Waals surface area (Å²) in [5, 5.41) is 3.19. The van der Waals surface area contributed by atoms with Gasteiger partial charge in [-0.1, -0.05) is 25.1 Å². The second kappa shape index (κ2) is 4.67. The summed E-state index contributed by atoms with van der Waals surface area (Å²) in [7, 11) is 1.92. The molecule has 1 aromatic rings. The zero-order valence-corrected chi connectivity index (χ0v) is 10.7. The van der Waals surface area contributed by atoms with Gasteiger partial charge in [0.15, 0.2) is 5.79 Å². The van der Waals surface area contributed by atoms with Gasteiger partial charge in [-0.25, -0.2) is 0 Å². The molecule has 3 heteroatoms. The van der Waals surface area contributed by atoms with Crippen LogP contribution in [0.3, 0.4) is 0 Å². The maximum atomic E-state index is 5.98. The van der Waals surface area contributed by atoms with E-state index in [9.17, 15) is 0 Å². The third kappa shape index (κ3) is 2.45. The number of anilines is 1. The molecule has 1 aliphatic rings. The highest BCUT2D eigenvalue weighted by Crippen LogP contribution is 2.41. The van der Waals surface area contributed by atoms with Gasteiger partial charge in [0.25, 0.3) is 0 Å². The van der Waals surface area contributed by atoms with Crippen LogP contribution in [0.25, 0.3) is 0 Å². The molecular weight excluding hydrogens is 214 g/mol. The molecule has 0 spiro atoms. The minimum atomic E-state index is -0.534. The highest BCUT2D eigenvalue weighted by Gasteiger charge is 2.41. The summed E-state index contributed by atoms with van der Waals surface area (Å²) in [4.78, 5) is 0. The summed E-state index contributed by atoms with van der Waals surface area (Å²) in [5.41, 5.74) is 2.21. The van der Waals surface area contributed by atoms with Gasteiger partial charge in [-0.05, 0) is 26.3 Å². The maximum Gasteiger partial charge on any atom is 0.164 e. The van der Waals surface area contributed by atoms with Crippen LogP contribution in [0.1, 0.15) is 31.9 Å². The second-order valence-corrected chi connectivity index (χ2v) is 4.72. The number of hydrogen-bond acceptors (Lipinski definition) is 3. The van der Waals surface area contributed by atoms with Gasteiger partial charge in [-0.3, -0.25) is 0 Å². The zero-order chi connectivity index (χ0) is 12.5. The Morgan fingerprint density at radius 3 is 2.65 bits per heavy atom. The maximum absolute atomic E-state index is 5.98. The molecule has 17 heavy (non-hydrogen) atoms.